The Morgan fingerprint density at radius 1 is 1.35 bits per heavy atom. The summed E-state index contributed by atoms with van der Waals surface area (Å²) in [5.74, 6) is -0.220. The molecule has 0 saturated carbocycles. The zero-order chi connectivity index (χ0) is 15.0. The predicted octanol–water partition coefficient (Wildman–Crippen LogP) is 2.03. The van der Waals surface area contributed by atoms with Crippen LogP contribution in [0.1, 0.15) is 45.6 Å². The molecule has 0 unspecified atom stereocenters. The fourth-order valence-electron chi connectivity index (χ4n) is 1.74. The van der Waals surface area contributed by atoms with E-state index in [1.165, 1.54) is 0 Å². The molecule has 0 aromatic carbocycles. The number of aliphatic carboxylic acids is 1. The van der Waals surface area contributed by atoms with Crippen LogP contribution in [0.3, 0.4) is 0 Å². The summed E-state index contributed by atoms with van der Waals surface area (Å²) in [6.07, 6.45) is 5.95. The number of carboxylic acids is 1. The van der Waals surface area contributed by atoms with Gasteiger partial charge in [-0.15, -0.1) is 0 Å². The van der Waals surface area contributed by atoms with Crippen molar-refractivity contribution in [2.45, 2.75) is 58.7 Å². The zero-order valence-electron chi connectivity index (χ0n) is 12.4. The fraction of sp³-hybridized carbons (Fsp3) is 0.643. The van der Waals surface area contributed by atoms with E-state index in [0.29, 0.717) is 18.9 Å². The van der Waals surface area contributed by atoms with Gasteiger partial charge in [-0.3, -0.25) is 4.79 Å². The van der Waals surface area contributed by atoms with Gasteiger partial charge in [0.25, 0.3) is 0 Å². The van der Waals surface area contributed by atoms with Crippen LogP contribution >= 0.6 is 0 Å². The molecule has 0 amide bonds. The zero-order valence-corrected chi connectivity index (χ0v) is 12.4. The number of hydrogen-bond donors (Lipinski definition) is 3. The largest absolute Gasteiger partial charge is 0.480 e. The number of carboxylic acid groups (broad SMARTS) is 1. The standard InChI is InChI=1S/C14H24N4O2/c1-4-5-6-12(13(19)20)15-7-11-8-16-14(17-9-11)18-10(2)3/h8-10,12,15H,4-7H2,1-3H3,(H,19,20)(H,16,17,18)/t12-/m1/s1. The van der Waals surface area contributed by atoms with E-state index >= 15 is 0 Å². The maximum absolute atomic E-state index is 11.1. The number of aromatic nitrogens is 2. The Morgan fingerprint density at radius 3 is 2.50 bits per heavy atom. The van der Waals surface area contributed by atoms with Crippen molar-refractivity contribution in [3.8, 4) is 0 Å². The third-order valence-electron chi connectivity index (χ3n) is 2.82. The summed E-state index contributed by atoms with van der Waals surface area (Å²) in [7, 11) is 0. The second kappa shape index (κ2) is 8.47. The van der Waals surface area contributed by atoms with Crippen molar-refractivity contribution in [1.82, 2.24) is 15.3 Å². The van der Waals surface area contributed by atoms with E-state index in [4.69, 9.17) is 5.11 Å². The molecule has 0 spiro atoms. The van der Waals surface area contributed by atoms with Crippen LogP contribution in [0.4, 0.5) is 5.95 Å². The van der Waals surface area contributed by atoms with Crippen LogP contribution in [0, 0.1) is 0 Å². The fourth-order valence-corrected chi connectivity index (χ4v) is 1.74. The van der Waals surface area contributed by atoms with Gasteiger partial charge in [0.1, 0.15) is 6.04 Å². The minimum absolute atomic E-state index is 0.282. The second-order valence-corrected chi connectivity index (χ2v) is 5.13. The molecule has 0 saturated heterocycles. The van der Waals surface area contributed by atoms with Crippen LogP contribution in [0.25, 0.3) is 0 Å². The first-order valence-electron chi connectivity index (χ1n) is 7.06. The highest BCUT2D eigenvalue weighted by Gasteiger charge is 2.15. The van der Waals surface area contributed by atoms with Gasteiger partial charge in [0.15, 0.2) is 0 Å². The molecule has 3 N–H and O–H groups in total. The van der Waals surface area contributed by atoms with Crippen LogP contribution in [0.5, 0.6) is 0 Å². The molecule has 0 aliphatic rings. The Bertz CT molecular complexity index is 406. The third-order valence-corrected chi connectivity index (χ3v) is 2.82. The molecule has 0 aliphatic carbocycles. The lowest BCUT2D eigenvalue weighted by molar-refractivity contribution is -0.139. The van der Waals surface area contributed by atoms with Gasteiger partial charge in [-0.2, -0.15) is 0 Å². The van der Waals surface area contributed by atoms with Gasteiger partial charge in [0.05, 0.1) is 0 Å². The molecule has 1 aromatic heterocycles. The molecule has 6 nitrogen and oxygen atoms in total. The number of hydrogen-bond acceptors (Lipinski definition) is 5. The van der Waals surface area contributed by atoms with Crippen LogP contribution in [0.2, 0.25) is 0 Å². The molecule has 0 aliphatic heterocycles. The van der Waals surface area contributed by atoms with Gasteiger partial charge in [0, 0.05) is 30.5 Å². The molecule has 1 rings (SSSR count). The van der Waals surface area contributed by atoms with Crippen molar-refractivity contribution in [1.29, 1.82) is 0 Å². The SMILES string of the molecule is CCCC[C@@H](NCc1cnc(NC(C)C)nc1)C(=O)O. The molecular formula is C14H24N4O2. The number of nitrogens with one attached hydrogen (secondary N) is 2. The molecule has 1 heterocycles. The van der Waals surface area contributed by atoms with Gasteiger partial charge < -0.3 is 15.7 Å². The van der Waals surface area contributed by atoms with E-state index in [2.05, 4.69) is 20.6 Å². The summed E-state index contributed by atoms with van der Waals surface area (Å²) < 4.78 is 0. The number of carbonyl (C=O) groups is 1. The monoisotopic (exact) mass is 280 g/mol. The third kappa shape index (κ3) is 5.97. The lowest BCUT2D eigenvalue weighted by atomic mass is 10.1. The molecule has 20 heavy (non-hydrogen) atoms. The van der Waals surface area contributed by atoms with E-state index < -0.39 is 12.0 Å². The summed E-state index contributed by atoms with van der Waals surface area (Å²) >= 11 is 0. The Balaban J connectivity index is 2.48. The molecule has 0 fully saturated rings. The van der Waals surface area contributed by atoms with Crippen molar-refractivity contribution in [3.63, 3.8) is 0 Å². The van der Waals surface area contributed by atoms with E-state index in [0.717, 1.165) is 18.4 Å². The van der Waals surface area contributed by atoms with Crippen LogP contribution in [-0.2, 0) is 11.3 Å². The second-order valence-electron chi connectivity index (χ2n) is 5.13. The molecule has 1 aromatic rings. The summed E-state index contributed by atoms with van der Waals surface area (Å²) in [6, 6.07) is -0.229. The van der Waals surface area contributed by atoms with Crippen molar-refractivity contribution in [3.05, 3.63) is 18.0 Å². The van der Waals surface area contributed by atoms with Crippen LogP contribution in [-0.4, -0.2) is 33.1 Å². The average molecular weight is 280 g/mol. The van der Waals surface area contributed by atoms with E-state index in [1.54, 1.807) is 12.4 Å². The highest BCUT2D eigenvalue weighted by atomic mass is 16.4. The van der Waals surface area contributed by atoms with Crippen molar-refractivity contribution in [2.75, 3.05) is 5.32 Å². The average Bonchev–Trinajstić information content (AvgIpc) is 2.39. The topological polar surface area (TPSA) is 87.1 Å². The lowest BCUT2D eigenvalue weighted by Crippen LogP contribution is -2.36. The van der Waals surface area contributed by atoms with Crippen molar-refractivity contribution in [2.24, 2.45) is 0 Å². The Morgan fingerprint density at radius 2 is 2.00 bits per heavy atom. The first-order valence-corrected chi connectivity index (χ1v) is 7.06. The summed E-state index contributed by atoms with van der Waals surface area (Å²) in [6.45, 7) is 6.55. The Hall–Kier alpha value is -1.69. The smallest absolute Gasteiger partial charge is 0.320 e. The number of anilines is 1. The van der Waals surface area contributed by atoms with E-state index in [1.807, 2.05) is 20.8 Å². The maximum Gasteiger partial charge on any atom is 0.320 e. The van der Waals surface area contributed by atoms with Gasteiger partial charge >= 0.3 is 5.97 Å². The van der Waals surface area contributed by atoms with E-state index in [9.17, 15) is 4.79 Å². The van der Waals surface area contributed by atoms with Crippen molar-refractivity contribution >= 4 is 11.9 Å². The highest BCUT2D eigenvalue weighted by Crippen LogP contribution is 2.05. The maximum atomic E-state index is 11.1. The molecule has 0 bridgehead atoms. The van der Waals surface area contributed by atoms with Crippen LogP contribution in [0.15, 0.2) is 12.4 Å². The molecule has 1 atom stereocenters. The molecule has 0 radical (unpaired) electrons. The molecule has 6 heteroatoms. The van der Waals surface area contributed by atoms with Gasteiger partial charge in [-0.05, 0) is 20.3 Å². The van der Waals surface area contributed by atoms with Gasteiger partial charge in [0.2, 0.25) is 5.95 Å². The van der Waals surface area contributed by atoms with Gasteiger partial charge in [-0.25, -0.2) is 9.97 Å². The van der Waals surface area contributed by atoms with Gasteiger partial charge in [-0.1, -0.05) is 19.8 Å². The van der Waals surface area contributed by atoms with Crippen LogP contribution < -0.4 is 10.6 Å². The first-order chi connectivity index (χ1) is 9.52. The van der Waals surface area contributed by atoms with Crippen molar-refractivity contribution < 1.29 is 9.90 Å². The highest BCUT2D eigenvalue weighted by molar-refractivity contribution is 5.73. The Labute approximate surface area is 120 Å². The first kappa shape index (κ1) is 16.4. The minimum atomic E-state index is -0.808. The summed E-state index contributed by atoms with van der Waals surface area (Å²) in [5, 5.41) is 15.3. The Kier molecular flexibility index (Phi) is 6.93. The number of nitrogens with zero attached hydrogens (tertiary/aromatic N) is 2. The number of rotatable bonds is 9. The minimum Gasteiger partial charge on any atom is -0.480 e. The quantitative estimate of drug-likeness (QED) is 0.641. The summed E-state index contributed by atoms with van der Waals surface area (Å²) in [4.78, 5) is 19.5. The lowest BCUT2D eigenvalue weighted by Gasteiger charge is -2.14. The molecule has 112 valence electrons. The summed E-state index contributed by atoms with van der Waals surface area (Å²) in [5.41, 5.74) is 0.877. The molecular weight excluding hydrogens is 256 g/mol. The van der Waals surface area contributed by atoms with E-state index in [-0.39, 0.29) is 6.04 Å². The predicted molar refractivity (Wildman–Crippen MR) is 78.6 cm³/mol. The normalized spacial score (nSPS) is 12.4. The number of unbranched alkanes of at least 4 members (excludes halogenated alkanes) is 1.